The molecule has 3 N–H and O–H groups in total. The van der Waals surface area contributed by atoms with Crippen molar-refractivity contribution in [3.05, 3.63) is 40.2 Å². The monoisotopic (exact) mass is 296 g/mol. The molecular formula is C13H13ClN2O2S. The minimum absolute atomic E-state index is 0.318. The van der Waals surface area contributed by atoms with Gasteiger partial charge in [-0.1, -0.05) is 23.7 Å². The number of nitrogens with one attached hydrogen (secondary N) is 1. The maximum atomic E-state index is 12.0. The quantitative estimate of drug-likeness (QED) is 0.515. The fraction of sp³-hybridized carbons (Fsp3) is 0.154. The predicted octanol–water partition coefficient (Wildman–Crippen LogP) is 3.53. The second-order valence-electron chi connectivity index (χ2n) is 3.73. The third kappa shape index (κ3) is 2.89. The molecule has 0 radical (unpaired) electrons. The number of ether oxygens (including phenoxy) is 1. The van der Waals surface area contributed by atoms with E-state index in [0.717, 1.165) is 11.1 Å². The van der Waals surface area contributed by atoms with Gasteiger partial charge in [-0.05, 0) is 24.6 Å². The van der Waals surface area contributed by atoms with Crippen LogP contribution in [0.25, 0.3) is 11.1 Å². The van der Waals surface area contributed by atoms with Gasteiger partial charge < -0.3 is 10.2 Å². The van der Waals surface area contributed by atoms with Crippen LogP contribution in [-0.4, -0.2) is 12.6 Å². The molecule has 0 bridgehead atoms. The largest absolute Gasteiger partial charge is 0.462 e. The molecule has 0 spiro atoms. The maximum Gasteiger partial charge on any atom is 0.341 e. The summed E-state index contributed by atoms with van der Waals surface area (Å²) >= 11 is 7.22. The lowest BCUT2D eigenvalue weighted by Gasteiger charge is -2.07. The Bertz CT molecular complexity index is 581. The van der Waals surface area contributed by atoms with Crippen LogP contribution in [0.1, 0.15) is 17.3 Å². The summed E-state index contributed by atoms with van der Waals surface area (Å²) in [6.07, 6.45) is 0. The number of nitrogens with two attached hydrogens (primary N) is 1. The summed E-state index contributed by atoms with van der Waals surface area (Å²) in [5.74, 6) is 5.04. The molecule has 0 amide bonds. The highest BCUT2D eigenvalue weighted by Gasteiger charge is 2.20. The van der Waals surface area contributed by atoms with Crippen molar-refractivity contribution < 1.29 is 9.53 Å². The lowest BCUT2D eigenvalue weighted by atomic mass is 10.0. The lowest BCUT2D eigenvalue weighted by Crippen LogP contribution is -2.12. The van der Waals surface area contributed by atoms with Crippen molar-refractivity contribution >= 4 is 33.9 Å². The Hall–Kier alpha value is -1.56. The molecule has 2 aromatic rings. The fourth-order valence-electron chi connectivity index (χ4n) is 1.71. The highest BCUT2D eigenvalue weighted by atomic mass is 35.5. The van der Waals surface area contributed by atoms with E-state index in [-0.39, 0.29) is 5.97 Å². The van der Waals surface area contributed by atoms with Crippen molar-refractivity contribution in [3.63, 3.8) is 0 Å². The van der Waals surface area contributed by atoms with Crippen LogP contribution in [0.5, 0.6) is 0 Å². The number of esters is 1. The van der Waals surface area contributed by atoms with E-state index in [1.54, 1.807) is 19.1 Å². The molecule has 6 heteroatoms. The van der Waals surface area contributed by atoms with Gasteiger partial charge in [-0.15, -0.1) is 11.3 Å². The average Bonchev–Trinajstić information content (AvgIpc) is 2.83. The number of rotatable bonds is 4. The van der Waals surface area contributed by atoms with Gasteiger partial charge >= 0.3 is 5.97 Å². The molecule has 0 unspecified atom stereocenters. The topological polar surface area (TPSA) is 64.3 Å². The van der Waals surface area contributed by atoms with Gasteiger partial charge in [0, 0.05) is 16.0 Å². The number of hydrogen-bond donors (Lipinski definition) is 2. The standard InChI is InChI=1S/C13H13ClN2O2S/c1-2-18-13(17)11-10(7-19-12(11)16-15)8-3-5-9(14)6-4-8/h3-7,16H,2,15H2,1H3. The van der Waals surface area contributed by atoms with Gasteiger partial charge in [0.1, 0.15) is 10.6 Å². The smallest absolute Gasteiger partial charge is 0.341 e. The van der Waals surface area contributed by atoms with Crippen LogP contribution in [0.15, 0.2) is 29.6 Å². The minimum atomic E-state index is -0.387. The zero-order valence-corrected chi connectivity index (χ0v) is 11.8. The summed E-state index contributed by atoms with van der Waals surface area (Å²) in [4.78, 5) is 12.0. The highest BCUT2D eigenvalue weighted by molar-refractivity contribution is 7.15. The molecular weight excluding hydrogens is 284 g/mol. The van der Waals surface area contributed by atoms with Gasteiger partial charge in [-0.2, -0.15) is 0 Å². The zero-order valence-electron chi connectivity index (χ0n) is 10.3. The fourth-order valence-corrected chi connectivity index (χ4v) is 2.71. The molecule has 0 aliphatic carbocycles. The number of nitrogen functional groups attached to an aromatic ring is 1. The van der Waals surface area contributed by atoms with Crippen LogP contribution in [0.3, 0.4) is 0 Å². The Balaban J connectivity index is 2.48. The van der Waals surface area contributed by atoms with Crippen molar-refractivity contribution in [1.82, 2.24) is 0 Å². The van der Waals surface area contributed by atoms with Crippen molar-refractivity contribution in [2.24, 2.45) is 5.84 Å². The van der Waals surface area contributed by atoms with Crippen LogP contribution in [0, 0.1) is 0 Å². The highest BCUT2D eigenvalue weighted by Crippen LogP contribution is 2.36. The van der Waals surface area contributed by atoms with E-state index in [4.69, 9.17) is 22.2 Å². The van der Waals surface area contributed by atoms with E-state index < -0.39 is 0 Å². The van der Waals surface area contributed by atoms with E-state index in [0.29, 0.717) is 22.2 Å². The first-order chi connectivity index (χ1) is 9.17. The molecule has 1 aromatic heterocycles. The third-order valence-electron chi connectivity index (χ3n) is 2.56. The third-order valence-corrected chi connectivity index (χ3v) is 3.72. The Morgan fingerprint density at radius 1 is 1.42 bits per heavy atom. The minimum Gasteiger partial charge on any atom is -0.462 e. The van der Waals surface area contributed by atoms with Gasteiger partial charge in [-0.3, -0.25) is 0 Å². The summed E-state index contributed by atoms with van der Waals surface area (Å²) in [6.45, 7) is 2.08. The van der Waals surface area contributed by atoms with Crippen molar-refractivity contribution in [2.75, 3.05) is 12.0 Å². The number of hydrazine groups is 1. The van der Waals surface area contributed by atoms with E-state index >= 15 is 0 Å². The van der Waals surface area contributed by atoms with Gasteiger partial charge in [0.2, 0.25) is 0 Å². The number of carbonyl (C=O) groups is 1. The average molecular weight is 297 g/mol. The van der Waals surface area contributed by atoms with Crippen LogP contribution in [0.2, 0.25) is 5.02 Å². The summed E-state index contributed by atoms with van der Waals surface area (Å²) < 4.78 is 5.06. The normalized spacial score (nSPS) is 10.3. The van der Waals surface area contributed by atoms with E-state index in [2.05, 4.69) is 5.43 Å². The van der Waals surface area contributed by atoms with Crippen molar-refractivity contribution in [3.8, 4) is 11.1 Å². The number of halogens is 1. The number of hydrogen-bond acceptors (Lipinski definition) is 5. The molecule has 1 heterocycles. The molecule has 0 aliphatic heterocycles. The number of carbonyl (C=O) groups excluding carboxylic acids is 1. The molecule has 0 fully saturated rings. The SMILES string of the molecule is CCOC(=O)c1c(-c2ccc(Cl)cc2)csc1NN. The van der Waals surface area contributed by atoms with E-state index in [1.807, 2.05) is 17.5 Å². The molecule has 100 valence electrons. The van der Waals surface area contributed by atoms with Gasteiger partial charge in [0.05, 0.1) is 6.61 Å². The number of benzene rings is 1. The van der Waals surface area contributed by atoms with Gasteiger partial charge in [0.25, 0.3) is 0 Å². The summed E-state index contributed by atoms with van der Waals surface area (Å²) in [5.41, 5.74) is 4.66. The maximum absolute atomic E-state index is 12.0. The lowest BCUT2D eigenvalue weighted by molar-refractivity contribution is 0.0529. The summed E-state index contributed by atoms with van der Waals surface area (Å²) in [5, 5.41) is 3.10. The number of thiophene rings is 1. The summed E-state index contributed by atoms with van der Waals surface area (Å²) in [7, 11) is 0. The van der Waals surface area contributed by atoms with E-state index in [9.17, 15) is 4.79 Å². The van der Waals surface area contributed by atoms with Crippen LogP contribution < -0.4 is 11.3 Å². The molecule has 0 saturated heterocycles. The van der Waals surface area contributed by atoms with Crippen LogP contribution in [0.4, 0.5) is 5.00 Å². The van der Waals surface area contributed by atoms with Crippen molar-refractivity contribution in [2.45, 2.75) is 6.92 Å². The van der Waals surface area contributed by atoms with Crippen molar-refractivity contribution in [1.29, 1.82) is 0 Å². The van der Waals surface area contributed by atoms with Gasteiger partial charge in [0.15, 0.2) is 0 Å². The molecule has 0 atom stereocenters. The Morgan fingerprint density at radius 2 is 2.11 bits per heavy atom. The predicted molar refractivity (Wildman–Crippen MR) is 78.5 cm³/mol. The second-order valence-corrected chi connectivity index (χ2v) is 5.04. The molecule has 4 nitrogen and oxygen atoms in total. The first kappa shape index (κ1) is 13.9. The molecule has 19 heavy (non-hydrogen) atoms. The molecule has 0 saturated carbocycles. The van der Waals surface area contributed by atoms with E-state index in [1.165, 1.54) is 11.3 Å². The first-order valence-corrected chi connectivity index (χ1v) is 6.94. The second kappa shape index (κ2) is 6.06. The number of anilines is 1. The zero-order chi connectivity index (χ0) is 13.8. The Morgan fingerprint density at radius 3 is 2.68 bits per heavy atom. The van der Waals surface area contributed by atoms with Crippen LogP contribution >= 0.6 is 22.9 Å². The molecule has 2 rings (SSSR count). The molecule has 0 aliphatic rings. The molecule has 1 aromatic carbocycles. The Kier molecular flexibility index (Phi) is 4.42. The first-order valence-electron chi connectivity index (χ1n) is 5.68. The summed E-state index contributed by atoms with van der Waals surface area (Å²) in [6, 6.07) is 7.26. The van der Waals surface area contributed by atoms with Crippen LogP contribution in [-0.2, 0) is 4.74 Å². The Labute approximate surface area is 120 Å². The van der Waals surface area contributed by atoms with Gasteiger partial charge in [-0.25, -0.2) is 10.6 Å².